The van der Waals surface area contributed by atoms with Gasteiger partial charge < -0.3 is 29.0 Å². The van der Waals surface area contributed by atoms with Crippen molar-refractivity contribution in [1.82, 2.24) is 5.32 Å². The smallest absolute Gasteiger partial charge is 0.244 e. The highest BCUT2D eigenvalue weighted by atomic mass is 35.5. The molecular formula is C22H24ClNO6. The van der Waals surface area contributed by atoms with Crippen molar-refractivity contribution in [2.24, 2.45) is 0 Å². The second-order valence-corrected chi connectivity index (χ2v) is 6.84. The maximum Gasteiger partial charge on any atom is 0.244 e. The van der Waals surface area contributed by atoms with Gasteiger partial charge in [0.2, 0.25) is 11.7 Å². The predicted molar refractivity (Wildman–Crippen MR) is 114 cm³/mol. The van der Waals surface area contributed by atoms with E-state index in [4.69, 9.17) is 35.3 Å². The molecule has 2 aromatic rings. The molecule has 0 aliphatic carbocycles. The number of amides is 1. The summed E-state index contributed by atoms with van der Waals surface area (Å²) in [4.78, 5) is 12.2. The minimum absolute atomic E-state index is 0.215. The third kappa shape index (κ3) is 5.10. The molecule has 160 valence electrons. The summed E-state index contributed by atoms with van der Waals surface area (Å²) in [6.45, 7) is 1.43. The van der Waals surface area contributed by atoms with Crippen molar-refractivity contribution in [1.29, 1.82) is 0 Å². The van der Waals surface area contributed by atoms with E-state index >= 15 is 0 Å². The summed E-state index contributed by atoms with van der Waals surface area (Å²) in [7, 11) is 4.63. The van der Waals surface area contributed by atoms with Crippen LogP contribution in [0.25, 0.3) is 6.08 Å². The summed E-state index contributed by atoms with van der Waals surface area (Å²) in [6.07, 6.45) is 3.75. The first kappa shape index (κ1) is 21.6. The Balaban J connectivity index is 1.59. The van der Waals surface area contributed by atoms with E-state index in [9.17, 15) is 4.79 Å². The molecule has 30 heavy (non-hydrogen) atoms. The van der Waals surface area contributed by atoms with E-state index in [0.29, 0.717) is 59.9 Å². The summed E-state index contributed by atoms with van der Waals surface area (Å²) >= 11 is 6.24. The minimum Gasteiger partial charge on any atom is -0.493 e. The van der Waals surface area contributed by atoms with Gasteiger partial charge in [0.25, 0.3) is 0 Å². The lowest BCUT2D eigenvalue weighted by molar-refractivity contribution is -0.116. The topological polar surface area (TPSA) is 75.3 Å². The monoisotopic (exact) mass is 433 g/mol. The molecule has 1 amide bonds. The van der Waals surface area contributed by atoms with Crippen molar-refractivity contribution in [3.05, 3.63) is 46.5 Å². The Morgan fingerprint density at radius 1 is 1.07 bits per heavy atom. The number of fused-ring (bicyclic) bond motifs is 1. The van der Waals surface area contributed by atoms with Gasteiger partial charge in [-0.25, -0.2) is 0 Å². The molecule has 1 N–H and O–H groups in total. The highest BCUT2D eigenvalue weighted by Crippen LogP contribution is 2.39. The van der Waals surface area contributed by atoms with Crippen molar-refractivity contribution in [2.45, 2.75) is 6.42 Å². The van der Waals surface area contributed by atoms with E-state index < -0.39 is 0 Å². The first-order chi connectivity index (χ1) is 14.5. The van der Waals surface area contributed by atoms with Gasteiger partial charge in [-0.05, 0) is 47.9 Å². The average Bonchev–Trinajstić information content (AvgIpc) is 2.76. The molecule has 7 nitrogen and oxygen atoms in total. The first-order valence-electron chi connectivity index (χ1n) is 9.39. The van der Waals surface area contributed by atoms with Crippen LogP contribution in [0.2, 0.25) is 5.02 Å². The summed E-state index contributed by atoms with van der Waals surface area (Å²) in [5.74, 6) is 2.54. The fourth-order valence-corrected chi connectivity index (χ4v) is 3.35. The van der Waals surface area contributed by atoms with Gasteiger partial charge in [-0.3, -0.25) is 4.79 Å². The lowest BCUT2D eigenvalue weighted by atomic mass is 10.1. The quantitative estimate of drug-likeness (QED) is 0.642. The number of carbonyl (C=O) groups is 1. The van der Waals surface area contributed by atoms with Crippen LogP contribution in [0.4, 0.5) is 0 Å². The van der Waals surface area contributed by atoms with E-state index in [-0.39, 0.29) is 5.91 Å². The van der Waals surface area contributed by atoms with Gasteiger partial charge in [0.15, 0.2) is 23.0 Å². The molecule has 8 heteroatoms. The van der Waals surface area contributed by atoms with Gasteiger partial charge in [0.1, 0.15) is 13.2 Å². The number of carbonyl (C=O) groups excluding carboxylic acids is 1. The van der Waals surface area contributed by atoms with Gasteiger partial charge in [-0.15, -0.1) is 0 Å². The maximum atomic E-state index is 12.2. The molecule has 0 bridgehead atoms. The summed E-state index contributed by atoms with van der Waals surface area (Å²) < 4.78 is 27.0. The fraction of sp³-hybridized carbons (Fsp3) is 0.318. The van der Waals surface area contributed by atoms with Crippen LogP contribution in [0.3, 0.4) is 0 Å². The number of hydrogen-bond donors (Lipinski definition) is 1. The number of halogens is 1. The van der Waals surface area contributed by atoms with Crippen LogP contribution >= 0.6 is 11.6 Å². The lowest BCUT2D eigenvalue weighted by Gasteiger charge is -2.20. The Labute approximate surface area is 180 Å². The Hall–Kier alpha value is -3.06. The van der Waals surface area contributed by atoms with Crippen LogP contribution in [0.1, 0.15) is 11.1 Å². The standard InChI is InChI=1S/C22H24ClNO6/c1-26-17-11-14(12-18(27-2)22(17)28-3)4-5-20(25)24-7-6-15-10-16(23)21-19(13-15)29-8-9-30-21/h4-5,10-13H,6-9H2,1-3H3,(H,24,25)/b5-4+. The number of methoxy groups -OCH3 is 3. The van der Waals surface area contributed by atoms with E-state index in [0.717, 1.165) is 11.1 Å². The van der Waals surface area contributed by atoms with Crippen molar-refractivity contribution in [3.8, 4) is 28.7 Å². The molecule has 1 aliphatic rings. The van der Waals surface area contributed by atoms with Gasteiger partial charge >= 0.3 is 0 Å². The van der Waals surface area contributed by atoms with Crippen molar-refractivity contribution in [3.63, 3.8) is 0 Å². The highest BCUT2D eigenvalue weighted by Gasteiger charge is 2.16. The molecule has 0 aromatic heterocycles. The number of rotatable bonds is 8. The van der Waals surface area contributed by atoms with Gasteiger partial charge in [-0.1, -0.05) is 11.6 Å². The zero-order chi connectivity index (χ0) is 21.5. The third-order valence-electron chi connectivity index (χ3n) is 4.48. The summed E-state index contributed by atoms with van der Waals surface area (Å²) in [5, 5.41) is 3.36. The normalized spacial score (nSPS) is 12.5. The maximum absolute atomic E-state index is 12.2. The van der Waals surface area contributed by atoms with Crippen LogP contribution in [-0.4, -0.2) is 47.0 Å². The van der Waals surface area contributed by atoms with Crippen molar-refractivity contribution < 1.29 is 28.5 Å². The predicted octanol–water partition coefficient (Wildman–Crippen LogP) is 3.51. The molecule has 0 unspecified atom stereocenters. The minimum atomic E-state index is -0.215. The highest BCUT2D eigenvalue weighted by molar-refractivity contribution is 6.32. The zero-order valence-electron chi connectivity index (χ0n) is 17.1. The molecule has 0 spiro atoms. The molecule has 1 aliphatic heterocycles. The van der Waals surface area contributed by atoms with E-state index in [1.807, 2.05) is 12.1 Å². The van der Waals surface area contributed by atoms with E-state index in [1.165, 1.54) is 13.2 Å². The average molecular weight is 434 g/mol. The van der Waals surface area contributed by atoms with E-state index in [1.54, 1.807) is 32.4 Å². The summed E-state index contributed by atoms with van der Waals surface area (Å²) in [5.41, 5.74) is 1.71. The Morgan fingerprint density at radius 2 is 1.77 bits per heavy atom. The molecule has 1 heterocycles. The number of nitrogens with one attached hydrogen (secondary N) is 1. The number of hydrogen-bond acceptors (Lipinski definition) is 6. The lowest BCUT2D eigenvalue weighted by Crippen LogP contribution is -2.23. The molecule has 0 saturated carbocycles. The fourth-order valence-electron chi connectivity index (χ4n) is 3.07. The van der Waals surface area contributed by atoms with Crippen molar-refractivity contribution in [2.75, 3.05) is 41.1 Å². The molecule has 0 saturated heterocycles. The van der Waals surface area contributed by atoms with Gasteiger partial charge in [-0.2, -0.15) is 0 Å². The van der Waals surface area contributed by atoms with Crippen LogP contribution in [0, 0.1) is 0 Å². The van der Waals surface area contributed by atoms with Crippen molar-refractivity contribution >= 4 is 23.6 Å². The molecule has 0 atom stereocenters. The molecule has 0 fully saturated rings. The zero-order valence-corrected chi connectivity index (χ0v) is 17.9. The Bertz CT molecular complexity index is 918. The van der Waals surface area contributed by atoms with Gasteiger partial charge in [0, 0.05) is 12.6 Å². The number of ether oxygens (including phenoxy) is 5. The summed E-state index contributed by atoms with van der Waals surface area (Å²) in [6, 6.07) is 7.25. The van der Waals surface area contributed by atoms with E-state index in [2.05, 4.69) is 5.32 Å². The largest absolute Gasteiger partial charge is 0.493 e. The molecular weight excluding hydrogens is 410 g/mol. The van der Waals surface area contributed by atoms with Crippen LogP contribution < -0.4 is 29.0 Å². The SMILES string of the molecule is COc1cc(/C=C/C(=O)NCCc2cc(Cl)c3c(c2)OCCO3)cc(OC)c1OC. The molecule has 2 aromatic carbocycles. The van der Waals surface area contributed by atoms with Gasteiger partial charge in [0.05, 0.1) is 26.4 Å². The van der Waals surface area contributed by atoms with Crippen LogP contribution in [-0.2, 0) is 11.2 Å². The molecule has 0 radical (unpaired) electrons. The second-order valence-electron chi connectivity index (χ2n) is 6.43. The first-order valence-corrected chi connectivity index (χ1v) is 9.77. The third-order valence-corrected chi connectivity index (χ3v) is 4.76. The van der Waals surface area contributed by atoms with Crippen LogP contribution in [0.15, 0.2) is 30.3 Å². The second kappa shape index (κ2) is 10.1. The van der Waals surface area contributed by atoms with Crippen LogP contribution in [0.5, 0.6) is 28.7 Å². The number of benzene rings is 2. The Kier molecular flexibility index (Phi) is 7.30. The Morgan fingerprint density at radius 3 is 2.43 bits per heavy atom. The molecule has 3 rings (SSSR count).